The second-order valence-electron chi connectivity index (χ2n) is 5.21. The summed E-state index contributed by atoms with van der Waals surface area (Å²) in [6.07, 6.45) is 1.54. The minimum Gasteiger partial charge on any atom is -0.399 e. The average Bonchev–Trinajstić information content (AvgIpc) is 2.38. The molecule has 1 amide bonds. The van der Waals surface area contributed by atoms with Crippen molar-refractivity contribution in [2.75, 3.05) is 18.8 Å². The predicted octanol–water partition coefficient (Wildman–Crippen LogP) is 1.20. The summed E-state index contributed by atoms with van der Waals surface area (Å²) < 4.78 is 26.5. The van der Waals surface area contributed by atoms with Gasteiger partial charge in [-0.2, -0.15) is 4.31 Å². The maximum absolute atomic E-state index is 12.6. The largest absolute Gasteiger partial charge is 0.399 e. The van der Waals surface area contributed by atoms with Gasteiger partial charge in [-0.05, 0) is 37.0 Å². The lowest BCUT2D eigenvalue weighted by Gasteiger charge is -2.30. The van der Waals surface area contributed by atoms with Crippen LogP contribution in [-0.4, -0.2) is 31.7 Å². The maximum atomic E-state index is 12.6. The van der Waals surface area contributed by atoms with Gasteiger partial charge in [-0.1, -0.05) is 11.6 Å². The lowest BCUT2D eigenvalue weighted by molar-refractivity contribution is -0.119. The first-order chi connectivity index (χ1) is 9.80. The number of carbonyl (C=O) groups excluding carboxylic acids is 1. The number of piperidine rings is 1. The van der Waals surface area contributed by atoms with E-state index < -0.39 is 10.0 Å². The number of hydrogen-bond acceptors (Lipinski definition) is 4. The van der Waals surface area contributed by atoms with Crippen LogP contribution in [0.5, 0.6) is 0 Å². The number of rotatable bonds is 4. The maximum Gasteiger partial charge on any atom is 0.244 e. The van der Waals surface area contributed by atoms with Crippen molar-refractivity contribution >= 4 is 33.2 Å². The molecular formula is C13H18ClN3O3S. The van der Waals surface area contributed by atoms with Crippen LogP contribution in [0.1, 0.15) is 19.3 Å². The number of hydrogen-bond donors (Lipinski definition) is 2. The minimum atomic E-state index is -3.63. The third-order valence-electron chi connectivity index (χ3n) is 3.64. The molecule has 1 aliphatic rings. The summed E-state index contributed by atoms with van der Waals surface area (Å²) in [6, 6.07) is 4.36. The zero-order valence-electron chi connectivity index (χ0n) is 11.5. The predicted molar refractivity (Wildman–Crippen MR) is 81.2 cm³/mol. The Morgan fingerprint density at radius 3 is 2.48 bits per heavy atom. The van der Waals surface area contributed by atoms with Crippen LogP contribution in [0, 0.1) is 5.92 Å². The topological polar surface area (TPSA) is 106 Å². The number of nitrogens with zero attached hydrogens (tertiary/aromatic N) is 1. The number of benzene rings is 1. The van der Waals surface area contributed by atoms with Crippen LogP contribution in [-0.2, 0) is 14.8 Å². The first kappa shape index (κ1) is 16.1. The fourth-order valence-electron chi connectivity index (χ4n) is 2.50. The molecule has 0 aromatic heterocycles. The number of amides is 1. The number of anilines is 1. The van der Waals surface area contributed by atoms with Crippen LogP contribution in [0.3, 0.4) is 0 Å². The minimum absolute atomic E-state index is 0.0618. The van der Waals surface area contributed by atoms with E-state index in [1.165, 1.54) is 22.5 Å². The molecule has 1 aromatic rings. The van der Waals surface area contributed by atoms with Crippen LogP contribution in [0.15, 0.2) is 23.1 Å². The molecule has 1 fully saturated rings. The molecule has 0 unspecified atom stereocenters. The Hall–Kier alpha value is -1.31. The van der Waals surface area contributed by atoms with E-state index in [2.05, 4.69) is 0 Å². The number of halogens is 1. The van der Waals surface area contributed by atoms with Crippen molar-refractivity contribution in [3.63, 3.8) is 0 Å². The Bertz CT molecular complexity index is 640. The van der Waals surface area contributed by atoms with Crippen molar-refractivity contribution < 1.29 is 13.2 Å². The third-order valence-corrected chi connectivity index (χ3v) is 6.02. The van der Waals surface area contributed by atoms with E-state index in [-0.39, 0.29) is 21.7 Å². The molecule has 8 heteroatoms. The third kappa shape index (κ3) is 3.66. The van der Waals surface area contributed by atoms with Crippen molar-refractivity contribution in [2.45, 2.75) is 24.2 Å². The van der Waals surface area contributed by atoms with Crippen molar-refractivity contribution in [1.29, 1.82) is 0 Å². The van der Waals surface area contributed by atoms with Crippen molar-refractivity contribution in [1.82, 2.24) is 4.31 Å². The van der Waals surface area contributed by atoms with Crippen LogP contribution < -0.4 is 11.5 Å². The van der Waals surface area contributed by atoms with E-state index in [0.29, 0.717) is 38.0 Å². The highest BCUT2D eigenvalue weighted by Gasteiger charge is 2.31. The van der Waals surface area contributed by atoms with Crippen LogP contribution in [0.25, 0.3) is 0 Å². The smallest absolute Gasteiger partial charge is 0.244 e. The van der Waals surface area contributed by atoms with Crippen molar-refractivity contribution in [3.05, 3.63) is 23.2 Å². The molecule has 116 valence electrons. The molecule has 1 aliphatic heterocycles. The summed E-state index contributed by atoms with van der Waals surface area (Å²) in [5.41, 5.74) is 11.2. The second kappa shape index (κ2) is 6.21. The van der Waals surface area contributed by atoms with Gasteiger partial charge in [0.15, 0.2) is 0 Å². The van der Waals surface area contributed by atoms with Crippen molar-refractivity contribution in [3.8, 4) is 0 Å². The molecule has 0 radical (unpaired) electrons. The molecule has 21 heavy (non-hydrogen) atoms. The van der Waals surface area contributed by atoms with E-state index in [9.17, 15) is 13.2 Å². The molecule has 2 rings (SSSR count). The fraction of sp³-hybridized carbons (Fsp3) is 0.462. The summed E-state index contributed by atoms with van der Waals surface area (Å²) in [4.78, 5) is 11.0. The summed E-state index contributed by atoms with van der Waals surface area (Å²) in [6.45, 7) is 0.724. The summed E-state index contributed by atoms with van der Waals surface area (Å²) in [5.74, 6) is -0.200. The molecule has 0 bridgehead atoms. The van der Waals surface area contributed by atoms with Crippen LogP contribution in [0.4, 0.5) is 5.69 Å². The van der Waals surface area contributed by atoms with Gasteiger partial charge in [0.05, 0.1) is 5.02 Å². The van der Waals surface area contributed by atoms with E-state index in [1.54, 1.807) is 0 Å². The lowest BCUT2D eigenvalue weighted by Crippen LogP contribution is -2.39. The Morgan fingerprint density at radius 1 is 1.33 bits per heavy atom. The summed E-state index contributed by atoms with van der Waals surface area (Å²) in [5, 5.41) is 0.120. The van der Waals surface area contributed by atoms with E-state index in [1.807, 2.05) is 0 Å². The lowest BCUT2D eigenvalue weighted by atomic mass is 9.94. The molecule has 0 atom stereocenters. The Kier molecular flexibility index (Phi) is 4.75. The SMILES string of the molecule is NC(=O)CC1CCN(S(=O)(=O)c2ccc(N)cc2Cl)CC1. The van der Waals surface area contributed by atoms with Crippen molar-refractivity contribution in [2.24, 2.45) is 11.7 Å². The van der Waals surface area contributed by atoms with Gasteiger partial charge in [-0.25, -0.2) is 8.42 Å². The van der Waals surface area contributed by atoms with Crippen LogP contribution in [0.2, 0.25) is 5.02 Å². The highest BCUT2D eigenvalue weighted by molar-refractivity contribution is 7.89. The summed E-state index contributed by atoms with van der Waals surface area (Å²) >= 11 is 5.98. The molecule has 1 saturated heterocycles. The molecular weight excluding hydrogens is 314 g/mol. The van der Waals surface area contributed by atoms with Gasteiger partial charge in [-0.15, -0.1) is 0 Å². The highest BCUT2D eigenvalue weighted by Crippen LogP contribution is 2.30. The van der Waals surface area contributed by atoms with Crippen LogP contribution >= 0.6 is 11.6 Å². The van der Waals surface area contributed by atoms with Gasteiger partial charge in [0, 0.05) is 25.2 Å². The summed E-state index contributed by atoms with van der Waals surface area (Å²) in [7, 11) is -3.63. The van der Waals surface area contributed by atoms with Gasteiger partial charge in [-0.3, -0.25) is 4.79 Å². The number of sulfonamides is 1. The van der Waals surface area contributed by atoms with E-state index in [4.69, 9.17) is 23.1 Å². The number of nitrogens with two attached hydrogens (primary N) is 2. The van der Waals surface area contributed by atoms with Gasteiger partial charge < -0.3 is 11.5 Å². The highest BCUT2D eigenvalue weighted by atomic mass is 35.5. The standard InChI is InChI=1S/C13H18ClN3O3S/c14-11-8-10(15)1-2-12(11)21(19,20)17-5-3-9(4-6-17)7-13(16)18/h1-2,8-9H,3-7,15H2,(H2,16,18). The molecule has 4 N–H and O–H groups in total. The average molecular weight is 332 g/mol. The fourth-order valence-corrected chi connectivity index (χ4v) is 4.50. The van der Waals surface area contributed by atoms with E-state index >= 15 is 0 Å². The van der Waals surface area contributed by atoms with Gasteiger partial charge in [0.1, 0.15) is 4.90 Å². The molecule has 0 saturated carbocycles. The monoisotopic (exact) mass is 331 g/mol. The Labute approximate surface area is 129 Å². The van der Waals surface area contributed by atoms with Gasteiger partial charge in [0.25, 0.3) is 0 Å². The van der Waals surface area contributed by atoms with Gasteiger partial charge >= 0.3 is 0 Å². The normalized spacial score (nSPS) is 17.8. The zero-order chi connectivity index (χ0) is 15.6. The second-order valence-corrected chi connectivity index (χ2v) is 7.52. The number of primary amides is 1. The molecule has 6 nitrogen and oxygen atoms in total. The quantitative estimate of drug-likeness (QED) is 0.808. The molecule has 1 heterocycles. The molecule has 1 aromatic carbocycles. The number of carbonyl (C=O) groups is 1. The van der Waals surface area contributed by atoms with E-state index in [0.717, 1.165) is 0 Å². The molecule has 0 spiro atoms. The Morgan fingerprint density at radius 2 is 1.95 bits per heavy atom. The first-order valence-electron chi connectivity index (χ1n) is 6.64. The zero-order valence-corrected chi connectivity index (χ0v) is 13.0. The molecule has 0 aliphatic carbocycles. The Balaban J connectivity index is 2.13. The number of nitrogen functional groups attached to an aromatic ring is 1. The van der Waals surface area contributed by atoms with Gasteiger partial charge in [0.2, 0.25) is 15.9 Å². The first-order valence-corrected chi connectivity index (χ1v) is 8.46.